The zero-order valence-electron chi connectivity index (χ0n) is 20.6. The van der Waals surface area contributed by atoms with E-state index < -0.39 is 18.4 Å². The molecule has 0 N–H and O–H groups in total. The van der Waals surface area contributed by atoms with Crippen molar-refractivity contribution in [1.82, 2.24) is 4.57 Å². The van der Waals surface area contributed by atoms with E-state index in [-0.39, 0.29) is 6.10 Å². The molecule has 0 saturated carbocycles. The number of hydrogen-bond donors (Lipinski definition) is 0. The molecular weight excluding hydrogens is 464 g/mol. The van der Waals surface area contributed by atoms with Gasteiger partial charge in [0.2, 0.25) is 0 Å². The van der Waals surface area contributed by atoms with Crippen molar-refractivity contribution in [2.45, 2.75) is 44.4 Å². The van der Waals surface area contributed by atoms with Crippen LogP contribution in [0.5, 0.6) is 0 Å². The van der Waals surface area contributed by atoms with E-state index in [9.17, 15) is 5.26 Å². The van der Waals surface area contributed by atoms with Crippen molar-refractivity contribution in [3.63, 3.8) is 0 Å². The van der Waals surface area contributed by atoms with Crippen molar-refractivity contribution in [2.75, 3.05) is 6.61 Å². The third kappa shape index (κ3) is 6.34. The van der Waals surface area contributed by atoms with Gasteiger partial charge in [-0.3, -0.25) is 0 Å². The van der Waals surface area contributed by atoms with E-state index in [2.05, 4.69) is 6.07 Å². The summed E-state index contributed by atoms with van der Waals surface area (Å²) in [6.45, 7) is 1.62. The molecule has 6 heteroatoms. The van der Waals surface area contributed by atoms with E-state index in [0.717, 1.165) is 16.7 Å². The van der Waals surface area contributed by atoms with Crippen LogP contribution in [-0.2, 0) is 38.8 Å². The lowest BCUT2D eigenvalue weighted by molar-refractivity contribution is -0.0917. The van der Waals surface area contributed by atoms with Crippen LogP contribution in [0.3, 0.4) is 0 Å². The summed E-state index contributed by atoms with van der Waals surface area (Å²) >= 11 is 0. The molecule has 4 atom stereocenters. The third-order valence-corrected chi connectivity index (χ3v) is 6.42. The third-order valence-electron chi connectivity index (χ3n) is 6.42. The summed E-state index contributed by atoms with van der Waals surface area (Å²) in [5.74, 6) is 0. The van der Waals surface area contributed by atoms with Crippen molar-refractivity contribution in [2.24, 2.45) is 0 Å². The standard InChI is InChI=1S/C31H30N2O4/c32-19-27-17-10-18-33(27)31-30(36-22-26-15-8-3-9-16-26)29(35-21-25-13-6-2-7-14-25)28(37-31)23-34-20-24-11-4-1-5-12-24/h1-18,28-31H,20-23H2/t28-,29-,30+,31-/m1/s1. The molecule has 0 bridgehead atoms. The Bertz CT molecular complexity index is 1270. The average molecular weight is 495 g/mol. The van der Waals surface area contributed by atoms with E-state index in [1.165, 1.54) is 0 Å². The van der Waals surface area contributed by atoms with Gasteiger partial charge in [0.05, 0.1) is 26.4 Å². The average Bonchev–Trinajstić information content (AvgIpc) is 3.56. The molecule has 3 aromatic carbocycles. The largest absolute Gasteiger partial charge is 0.374 e. The Morgan fingerprint density at radius 3 is 1.78 bits per heavy atom. The van der Waals surface area contributed by atoms with Crippen molar-refractivity contribution >= 4 is 0 Å². The Morgan fingerprint density at radius 2 is 1.22 bits per heavy atom. The van der Waals surface area contributed by atoms with Crippen LogP contribution in [-0.4, -0.2) is 29.5 Å². The zero-order chi connectivity index (χ0) is 25.3. The van der Waals surface area contributed by atoms with Gasteiger partial charge in [-0.25, -0.2) is 0 Å². The fourth-order valence-corrected chi connectivity index (χ4v) is 4.56. The predicted octanol–water partition coefficient (Wildman–Crippen LogP) is 5.64. The number of nitriles is 1. The number of ether oxygens (including phenoxy) is 4. The van der Waals surface area contributed by atoms with E-state index >= 15 is 0 Å². The molecule has 6 nitrogen and oxygen atoms in total. The SMILES string of the molecule is N#Cc1cccn1[C@@H]1O[C@H](COCc2ccccc2)[C@@H](OCc2ccccc2)[C@@H]1OCc1ccccc1. The topological polar surface area (TPSA) is 65.6 Å². The highest BCUT2D eigenvalue weighted by molar-refractivity contribution is 5.23. The van der Waals surface area contributed by atoms with Crippen molar-refractivity contribution in [3.05, 3.63) is 132 Å². The minimum atomic E-state index is -0.528. The van der Waals surface area contributed by atoms with E-state index in [4.69, 9.17) is 18.9 Å². The maximum absolute atomic E-state index is 9.69. The second-order valence-electron chi connectivity index (χ2n) is 9.00. The molecule has 2 heterocycles. The molecule has 4 aromatic rings. The summed E-state index contributed by atoms with van der Waals surface area (Å²) in [5, 5.41) is 9.69. The molecule has 0 amide bonds. The molecule has 188 valence electrons. The molecule has 0 aliphatic carbocycles. The van der Waals surface area contributed by atoms with Crippen molar-refractivity contribution < 1.29 is 18.9 Å². The number of nitrogens with zero attached hydrogens (tertiary/aromatic N) is 2. The van der Waals surface area contributed by atoms with E-state index in [0.29, 0.717) is 32.1 Å². The van der Waals surface area contributed by atoms with Gasteiger partial charge in [-0.1, -0.05) is 91.0 Å². The highest BCUT2D eigenvalue weighted by atomic mass is 16.6. The Labute approximate surface area is 217 Å². The fourth-order valence-electron chi connectivity index (χ4n) is 4.56. The number of aromatic nitrogens is 1. The maximum Gasteiger partial charge on any atom is 0.164 e. The second kappa shape index (κ2) is 12.5. The lowest BCUT2D eigenvalue weighted by Crippen LogP contribution is -2.38. The molecule has 0 radical (unpaired) electrons. The summed E-state index contributed by atoms with van der Waals surface area (Å²) in [6.07, 6.45) is 0.0859. The van der Waals surface area contributed by atoms with Crippen molar-refractivity contribution in [3.8, 4) is 6.07 Å². The van der Waals surface area contributed by atoms with Gasteiger partial charge < -0.3 is 23.5 Å². The molecular formula is C31H30N2O4. The first-order valence-electron chi connectivity index (χ1n) is 12.5. The fraction of sp³-hybridized carbons (Fsp3) is 0.258. The molecule has 1 aliphatic rings. The highest BCUT2D eigenvalue weighted by Gasteiger charge is 2.47. The lowest BCUT2D eigenvalue weighted by atomic mass is 10.1. The highest BCUT2D eigenvalue weighted by Crippen LogP contribution is 2.36. The molecule has 1 saturated heterocycles. The van der Waals surface area contributed by atoms with Crippen LogP contribution in [0, 0.1) is 11.3 Å². The Morgan fingerprint density at radius 1 is 0.676 bits per heavy atom. The monoisotopic (exact) mass is 494 g/mol. The number of benzene rings is 3. The van der Waals surface area contributed by atoms with Crippen LogP contribution in [0.2, 0.25) is 0 Å². The van der Waals surface area contributed by atoms with Gasteiger partial charge in [-0.2, -0.15) is 5.26 Å². The van der Waals surface area contributed by atoms with Crippen LogP contribution >= 0.6 is 0 Å². The molecule has 1 aliphatic heterocycles. The Hall–Kier alpha value is -3.73. The smallest absolute Gasteiger partial charge is 0.164 e. The van der Waals surface area contributed by atoms with Gasteiger partial charge in [-0.05, 0) is 28.8 Å². The van der Waals surface area contributed by atoms with Gasteiger partial charge in [0.15, 0.2) is 6.23 Å². The normalized spacial score (nSPS) is 21.1. The van der Waals surface area contributed by atoms with Gasteiger partial charge >= 0.3 is 0 Å². The minimum Gasteiger partial charge on any atom is -0.374 e. The van der Waals surface area contributed by atoms with E-state index in [1.54, 1.807) is 6.07 Å². The van der Waals surface area contributed by atoms with E-state index in [1.807, 2.05) is 108 Å². The molecule has 0 unspecified atom stereocenters. The Balaban J connectivity index is 1.38. The van der Waals surface area contributed by atoms with Gasteiger partial charge in [0.25, 0.3) is 0 Å². The van der Waals surface area contributed by atoms with Crippen LogP contribution in [0.25, 0.3) is 0 Å². The summed E-state index contributed by atoms with van der Waals surface area (Å²) in [5.41, 5.74) is 3.72. The summed E-state index contributed by atoms with van der Waals surface area (Å²) in [4.78, 5) is 0. The van der Waals surface area contributed by atoms with Gasteiger partial charge in [-0.15, -0.1) is 0 Å². The maximum atomic E-state index is 9.69. The first kappa shape index (κ1) is 24.9. The molecule has 37 heavy (non-hydrogen) atoms. The molecule has 0 spiro atoms. The summed E-state index contributed by atoms with van der Waals surface area (Å²) < 4.78 is 27.4. The summed E-state index contributed by atoms with van der Waals surface area (Å²) in [7, 11) is 0. The van der Waals surface area contributed by atoms with Crippen molar-refractivity contribution in [1.29, 1.82) is 5.26 Å². The Kier molecular flexibility index (Phi) is 8.42. The van der Waals surface area contributed by atoms with Crippen LogP contribution < -0.4 is 0 Å². The van der Waals surface area contributed by atoms with Crippen LogP contribution in [0.1, 0.15) is 28.6 Å². The minimum absolute atomic E-state index is 0.333. The lowest BCUT2D eigenvalue weighted by Gasteiger charge is -2.26. The van der Waals surface area contributed by atoms with Gasteiger partial charge in [0, 0.05) is 6.20 Å². The van der Waals surface area contributed by atoms with Crippen LogP contribution in [0.15, 0.2) is 109 Å². The first-order chi connectivity index (χ1) is 18.3. The molecule has 1 fully saturated rings. The second-order valence-corrected chi connectivity index (χ2v) is 9.00. The first-order valence-corrected chi connectivity index (χ1v) is 12.5. The predicted molar refractivity (Wildman–Crippen MR) is 139 cm³/mol. The molecule has 5 rings (SSSR count). The quantitative estimate of drug-likeness (QED) is 0.270. The summed E-state index contributed by atoms with van der Waals surface area (Å²) in [6, 6.07) is 36.0. The van der Waals surface area contributed by atoms with Crippen LogP contribution in [0.4, 0.5) is 0 Å². The zero-order valence-corrected chi connectivity index (χ0v) is 20.6. The number of rotatable bonds is 11. The molecule has 1 aromatic heterocycles. The number of hydrogen-bond acceptors (Lipinski definition) is 5. The van der Waals surface area contributed by atoms with Gasteiger partial charge in [0.1, 0.15) is 30.1 Å².